The van der Waals surface area contributed by atoms with E-state index in [2.05, 4.69) is 10.4 Å². The molecule has 3 aromatic rings. The third-order valence-electron chi connectivity index (χ3n) is 4.40. The van der Waals surface area contributed by atoms with E-state index in [9.17, 15) is 4.79 Å². The molecule has 5 nitrogen and oxygen atoms in total. The molecule has 0 radical (unpaired) electrons. The van der Waals surface area contributed by atoms with Crippen LogP contribution in [0.1, 0.15) is 37.4 Å². The van der Waals surface area contributed by atoms with Gasteiger partial charge in [0.05, 0.1) is 11.3 Å². The number of piperidine rings is 1. The fraction of sp³-hybridized carbons (Fsp3) is 0.263. The van der Waals surface area contributed by atoms with E-state index in [1.165, 1.54) is 0 Å². The monoisotopic (exact) mass is 322 g/mol. The minimum atomic E-state index is -1.20. The molecule has 24 heavy (non-hydrogen) atoms. The number of carbonyl (C=O) groups is 1. The van der Waals surface area contributed by atoms with Gasteiger partial charge >= 0.3 is 0 Å². The third-order valence-corrected chi connectivity index (χ3v) is 4.40. The van der Waals surface area contributed by atoms with Crippen molar-refractivity contribution in [3.8, 4) is 5.69 Å². The van der Waals surface area contributed by atoms with Crippen molar-refractivity contribution in [2.45, 2.75) is 18.7 Å². The molecular weight excluding hydrogens is 300 g/mol. The van der Waals surface area contributed by atoms with Gasteiger partial charge in [0, 0.05) is 20.9 Å². The third kappa shape index (κ3) is 2.67. The lowest BCUT2D eigenvalue weighted by molar-refractivity contribution is 0.100. The van der Waals surface area contributed by atoms with Crippen LogP contribution in [0.25, 0.3) is 16.6 Å². The summed E-state index contributed by atoms with van der Waals surface area (Å²) < 4.78 is 18.2. The highest BCUT2D eigenvalue weighted by Crippen LogP contribution is 2.25. The fourth-order valence-corrected chi connectivity index (χ4v) is 3.13. The second-order valence-corrected chi connectivity index (χ2v) is 5.98. The van der Waals surface area contributed by atoms with Crippen LogP contribution in [-0.4, -0.2) is 28.8 Å². The number of primary amides is 1. The van der Waals surface area contributed by atoms with Crippen molar-refractivity contribution in [3.63, 3.8) is 0 Å². The molecule has 5 heteroatoms. The summed E-state index contributed by atoms with van der Waals surface area (Å²) in [5.41, 5.74) is 8.23. The molecule has 1 aliphatic rings. The SMILES string of the molecule is [2H]C1([2H])CCNC[C@H]1c1ccc(-n2cc3cccc(C(N)=O)c3n2)cc1. The van der Waals surface area contributed by atoms with Gasteiger partial charge in [0.1, 0.15) is 5.52 Å². The number of hydrogen-bond donors (Lipinski definition) is 2. The van der Waals surface area contributed by atoms with Gasteiger partial charge in [-0.25, -0.2) is 4.68 Å². The van der Waals surface area contributed by atoms with E-state index >= 15 is 0 Å². The van der Waals surface area contributed by atoms with Crippen molar-refractivity contribution >= 4 is 16.8 Å². The smallest absolute Gasteiger partial charge is 0.250 e. The predicted octanol–water partition coefficient (Wildman–Crippen LogP) is 2.59. The maximum absolute atomic E-state index is 11.6. The van der Waals surface area contributed by atoms with Crippen LogP contribution in [0.4, 0.5) is 0 Å². The number of hydrogen-bond acceptors (Lipinski definition) is 3. The Balaban J connectivity index is 1.68. The Morgan fingerprint density at radius 3 is 2.88 bits per heavy atom. The Morgan fingerprint density at radius 1 is 1.29 bits per heavy atom. The van der Waals surface area contributed by atoms with Crippen LogP contribution in [0.5, 0.6) is 0 Å². The molecule has 1 amide bonds. The lowest BCUT2D eigenvalue weighted by Crippen LogP contribution is -2.28. The molecule has 1 fully saturated rings. The van der Waals surface area contributed by atoms with Gasteiger partial charge < -0.3 is 11.1 Å². The normalized spacial score (nSPS) is 21.2. The summed E-state index contributed by atoms with van der Waals surface area (Å²) in [6.45, 7) is 1.35. The van der Waals surface area contributed by atoms with Gasteiger partial charge in [0.15, 0.2) is 0 Å². The van der Waals surface area contributed by atoms with Gasteiger partial charge in [-0.1, -0.05) is 24.3 Å². The molecule has 1 aliphatic heterocycles. The van der Waals surface area contributed by atoms with Crippen LogP contribution in [0.3, 0.4) is 0 Å². The first-order valence-electron chi connectivity index (χ1n) is 9.05. The number of rotatable bonds is 3. The van der Waals surface area contributed by atoms with Gasteiger partial charge in [0.25, 0.3) is 5.91 Å². The zero-order valence-corrected chi connectivity index (χ0v) is 13.2. The number of nitrogens with zero attached hydrogens (tertiary/aromatic N) is 2. The molecule has 2 heterocycles. The van der Waals surface area contributed by atoms with E-state index in [-0.39, 0.29) is 5.92 Å². The van der Waals surface area contributed by atoms with Gasteiger partial charge in [-0.3, -0.25) is 4.79 Å². The second-order valence-electron chi connectivity index (χ2n) is 5.98. The standard InChI is InChI=1S/C19H20N4O/c20-19(24)17-5-1-3-15-12-23(22-18(15)17)16-8-6-13(7-9-16)14-4-2-10-21-11-14/h1,3,5-9,12,14,21H,2,4,10-11H2,(H2,20,24)/t14-/m0/s1/i4D2. The van der Waals surface area contributed by atoms with Crippen molar-refractivity contribution in [2.75, 3.05) is 13.1 Å². The summed E-state index contributed by atoms with van der Waals surface area (Å²) in [5, 5.41) is 8.62. The Bertz CT molecular complexity index is 965. The first kappa shape index (κ1) is 12.7. The van der Waals surface area contributed by atoms with Crippen LogP contribution >= 0.6 is 0 Å². The first-order chi connectivity index (χ1) is 12.5. The molecule has 0 saturated carbocycles. The summed E-state index contributed by atoms with van der Waals surface area (Å²) in [7, 11) is 0. The zero-order valence-electron chi connectivity index (χ0n) is 15.2. The maximum atomic E-state index is 11.6. The lowest BCUT2D eigenvalue weighted by Gasteiger charge is -2.23. The average molecular weight is 322 g/mol. The topological polar surface area (TPSA) is 72.9 Å². The van der Waals surface area contributed by atoms with Crippen molar-refractivity contribution in [1.29, 1.82) is 0 Å². The number of benzene rings is 2. The Morgan fingerprint density at radius 2 is 2.12 bits per heavy atom. The minimum absolute atomic E-state index is 0.163. The van der Waals surface area contributed by atoms with E-state index in [1.807, 2.05) is 36.5 Å². The summed E-state index contributed by atoms with van der Waals surface area (Å²) >= 11 is 0. The predicted molar refractivity (Wildman–Crippen MR) is 94.4 cm³/mol. The second kappa shape index (κ2) is 6.09. The highest BCUT2D eigenvalue weighted by atomic mass is 16.1. The number of amides is 1. The molecule has 1 aromatic heterocycles. The van der Waals surface area contributed by atoms with Crippen molar-refractivity contribution in [1.82, 2.24) is 15.1 Å². The number of nitrogens with one attached hydrogen (secondary N) is 1. The van der Waals surface area contributed by atoms with Gasteiger partial charge in [0.2, 0.25) is 0 Å². The fourth-order valence-electron chi connectivity index (χ4n) is 3.13. The molecule has 0 unspecified atom stereocenters. The van der Waals surface area contributed by atoms with E-state index in [0.29, 0.717) is 30.6 Å². The molecule has 4 rings (SSSR count). The molecule has 2 aromatic carbocycles. The lowest BCUT2D eigenvalue weighted by atomic mass is 9.92. The Labute approximate surface area is 143 Å². The van der Waals surface area contributed by atoms with Crippen LogP contribution in [0.2, 0.25) is 0 Å². The summed E-state index contributed by atoms with van der Waals surface area (Å²) in [6, 6.07) is 13.1. The number of carbonyl (C=O) groups excluding carboxylic acids is 1. The molecule has 0 bridgehead atoms. The van der Waals surface area contributed by atoms with Crippen LogP contribution in [0.15, 0.2) is 48.7 Å². The summed E-state index contributed by atoms with van der Waals surface area (Å²) in [5.74, 6) is -0.660. The Hall–Kier alpha value is -2.66. The molecule has 122 valence electrons. The first-order valence-corrected chi connectivity index (χ1v) is 8.05. The van der Waals surface area contributed by atoms with Crippen LogP contribution in [0, 0.1) is 0 Å². The van der Waals surface area contributed by atoms with E-state index in [4.69, 9.17) is 8.48 Å². The van der Waals surface area contributed by atoms with E-state index in [0.717, 1.165) is 16.6 Å². The summed E-state index contributed by atoms with van der Waals surface area (Å²) in [6.07, 6.45) is 1.17. The molecule has 0 spiro atoms. The quantitative estimate of drug-likeness (QED) is 0.778. The highest BCUT2D eigenvalue weighted by molar-refractivity contribution is 6.04. The zero-order chi connectivity index (χ0) is 18.3. The maximum Gasteiger partial charge on any atom is 0.250 e. The molecule has 3 N–H and O–H groups in total. The van der Waals surface area contributed by atoms with Crippen LogP contribution in [-0.2, 0) is 0 Å². The average Bonchev–Trinajstić information content (AvgIpc) is 3.05. The van der Waals surface area contributed by atoms with E-state index < -0.39 is 12.3 Å². The number of fused-ring (bicyclic) bond motifs is 1. The van der Waals surface area contributed by atoms with Crippen molar-refractivity contribution < 1.29 is 7.54 Å². The number of nitrogens with two attached hydrogens (primary N) is 1. The van der Waals surface area contributed by atoms with Gasteiger partial charge in [-0.15, -0.1) is 0 Å². The van der Waals surface area contributed by atoms with Gasteiger partial charge in [-0.2, -0.15) is 5.10 Å². The Kier molecular flexibility index (Phi) is 3.23. The minimum Gasteiger partial charge on any atom is -0.366 e. The number of aromatic nitrogens is 2. The molecule has 1 saturated heterocycles. The largest absolute Gasteiger partial charge is 0.366 e. The van der Waals surface area contributed by atoms with Crippen molar-refractivity contribution in [2.24, 2.45) is 5.73 Å². The molecular formula is C19H20N4O. The molecule has 1 atom stereocenters. The van der Waals surface area contributed by atoms with Gasteiger partial charge in [-0.05, 0) is 49.0 Å². The van der Waals surface area contributed by atoms with E-state index in [1.54, 1.807) is 16.8 Å². The highest BCUT2D eigenvalue weighted by Gasteiger charge is 2.15. The summed E-state index contributed by atoms with van der Waals surface area (Å²) in [4.78, 5) is 11.6. The van der Waals surface area contributed by atoms with Crippen molar-refractivity contribution in [3.05, 3.63) is 59.8 Å². The molecule has 0 aliphatic carbocycles. The van der Waals surface area contributed by atoms with Crippen LogP contribution < -0.4 is 11.1 Å².